The first-order chi connectivity index (χ1) is 9.81. The Bertz CT molecular complexity index is 477. The fourth-order valence-electron chi connectivity index (χ4n) is 2.24. The molecular weight excluding hydrogens is 274 g/mol. The minimum atomic E-state index is -0.890. The van der Waals surface area contributed by atoms with Crippen LogP contribution in [-0.2, 0) is 11.3 Å². The minimum absolute atomic E-state index is 0.00408. The summed E-state index contributed by atoms with van der Waals surface area (Å²) in [7, 11) is 1.67. The van der Waals surface area contributed by atoms with Gasteiger partial charge in [0.1, 0.15) is 0 Å². The molecule has 21 heavy (non-hydrogen) atoms. The molecule has 0 radical (unpaired) electrons. The Labute approximate surface area is 125 Å². The average Bonchev–Trinajstić information content (AvgIpc) is 2.41. The van der Waals surface area contributed by atoms with Crippen molar-refractivity contribution >= 4 is 5.91 Å². The molecule has 0 aliphatic rings. The van der Waals surface area contributed by atoms with Crippen molar-refractivity contribution in [2.75, 3.05) is 7.05 Å². The molecule has 0 heterocycles. The van der Waals surface area contributed by atoms with E-state index in [1.54, 1.807) is 11.9 Å². The molecule has 0 aliphatic carbocycles. The fourth-order valence-corrected chi connectivity index (χ4v) is 2.24. The number of nitrogens with two attached hydrogens (primary N) is 1. The summed E-state index contributed by atoms with van der Waals surface area (Å²) in [5.41, 5.74) is 6.26. The summed E-state index contributed by atoms with van der Waals surface area (Å²) in [6.45, 7) is 4.10. The molecule has 0 aliphatic heterocycles. The van der Waals surface area contributed by atoms with Gasteiger partial charge in [-0.25, -0.2) is 8.78 Å². The zero-order valence-corrected chi connectivity index (χ0v) is 12.9. The van der Waals surface area contributed by atoms with Crippen LogP contribution in [0.2, 0.25) is 0 Å². The number of halogens is 2. The molecule has 0 bridgehead atoms. The molecule has 1 rings (SSSR count). The minimum Gasteiger partial charge on any atom is -0.341 e. The van der Waals surface area contributed by atoms with Gasteiger partial charge < -0.3 is 10.6 Å². The van der Waals surface area contributed by atoms with Crippen molar-refractivity contribution in [3.05, 3.63) is 35.4 Å². The molecule has 1 aromatic carbocycles. The first kappa shape index (κ1) is 17.6. The number of nitrogens with zero attached hydrogens (tertiary/aromatic N) is 1. The van der Waals surface area contributed by atoms with Crippen molar-refractivity contribution in [1.82, 2.24) is 4.90 Å². The van der Waals surface area contributed by atoms with Crippen LogP contribution in [0.5, 0.6) is 0 Å². The Balaban J connectivity index is 2.51. The predicted molar refractivity (Wildman–Crippen MR) is 79.5 cm³/mol. The number of carbonyl (C=O) groups is 1. The molecule has 1 amide bonds. The topological polar surface area (TPSA) is 46.3 Å². The van der Waals surface area contributed by atoms with Crippen LogP contribution in [0.15, 0.2) is 18.2 Å². The van der Waals surface area contributed by atoms with E-state index in [-0.39, 0.29) is 24.4 Å². The molecule has 0 fully saturated rings. The molecule has 3 nitrogen and oxygen atoms in total. The maximum absolute atomic E-state index is 13.1. The molecular formula is C16H24F2N2O. The van der Waals surface area contributed by atoms with Crippen LogP contribution >= 0.6 is 0 Å². The van der Waals surface area contributed by atoms with Crippen molar-refractivity contribution in [1.29, 1.82) is 0 Å². The lowest BCUT2D eigenvalue weighted by atomic mass is 10.0. The van der Waals surface area contributed by atoms with E-state index in [0.29, 0.717) is 5.56 Å². The highest BCUT2D eigenvalue weighted by Crippen LogP contribution is 2.15. The van der Waals surface area contributed by atoms with Gasteiger partial charge in [-0.1, -0.05) is 19.4 Å². The summed E-state index contributed by atoms with van der Waals surface area (Å²) in [5, 5.41) is 0. The van der Waals surface area contributed by atoms with E-state index < -0.39 is 11.6 Å². The van der Waals surface area contributed by atoms with E-state index in [1.165, 1.54) is 6.07 Å². The second-order valence-electron chi connectivity index (χ2n) is 5.75. The third-order valence-electron chi connectivity index (χ3n) is 3.50. The van der Waals surface area contributed by atoms with Gasteiger partial charge >= 0.3 is 0 Å². The van der Waals surface area contributed by atoms with Gasteiger partial charge in [0.25, 0.3) is 0 Å². The van der Waals surface area contributed by atoms with Gasteiger partial charge in [-0.2, -0.15) is 0 Å². The molecule has 0 spiro atoms. The predicted octanol–water partition coefficient (Wildman–Crippen LogP) is 3.08. The Morgan fingerprint density at radius 2 is 1.90 bits per heavy atom. The summed E-state index contributed by atoms with van der Waals surface area (Å²) in [5.74, 6) is -1.86. The van der Waals surface area contributed by atoms with E-state index in [9.17, 15) is 13.6 Å². The molecule has 0 aromatic heterocycles. The Kier molecular flexibility index (Phi) is 6.75. The maximum Gasteiger partial charge on any atom is 0.225 e. The van der Waals surface area contributed by atoms with E-state index in [4.69, 9.17) is 5.73 Å². The quantitative estimate of drug-likeness (QED) is 0.841. The number of benzene rings is 1. The lowest BCUT2D eigenvalue weighted by molar-refractivity contribution is -0.134. The molecule has 0 saturated heterocycles. The number of carbonyl (C=O) groups excluding carboxylic acids is 1. The Morgan fingerprint density at radius 1 is 1.24 bits per heavy atom. The van der Waals surface area contributed by atoms with Crippen molar-refractivity contribution in [3.63, 3.8) is 0 Å². The summed E-state index contributed by atoms with van der Waals surface area (Å²) < 4.78 is 26.0. The van der Waals surface area contributed by atoms with Gasteiger partial charge in [-0.15, -0.1) is 0 Å². The van der Waals surface area contributed by atoms with Gasteiger partial charge in [-0.3, -0.25) is 4.79 Å². The monoisotopic (exact) mass is 298 g/mol. The van der Waals surface area contributed by atoms with Gasteiger partial charge in [0.2, 0.25) is 5.91 Å². The second kappa shape index (κ2) is 8.08. The third-order valence-corrected chi connectivity index (χ3v) is 3.50. The van der Waals surface area contributed by atoms with Crippen LogP contribution < -0.4 is 5.73 Å². The van der Waals surface area contributed by atoms with Gasteiger partial charge in [0.15, 0.2) is 11.6 Å². The van der Waals surface area contributed by atoms with Crippen LogP contribution in [0.1, 0.15) is 38.7 Å². The van der Waals surface area contributed by atoms with Crippen LogP contribution in [0, 0.1) is 17.6 Å². The van der Waals surface area contributed by atoms with Crippen molar-refractivity contribution < 1.29 is 13.6 Å². The number of hydrogen-bond donors (Lipinski definition) is 1. The van der Waals surface area contributed by atoms with Crippen LogP contribution in [0.3, 0.4) is 0 Å². The highest BCUT2D eigenvalue weighted by atomic mass is 19.2. The van der Waals surface area contributed by atoms with E-state index in [0.717, 1.165) is 31.4 Å². The lowest BCUT2D eigenvalue weighted by Crippen LogP contribution is -2.31. The molecule has 118 valence electrons. The number of hydrogen-bond acceptors (Lipinski definition) is 2. The second-order valence-corrected chi connectivity index (χ2v) is 5.75. The van der Waals surface area contributed by atoms with E-state index in [2.05, 4.69) is 0 Å². The summed E-state index contributed by atoms with van der Waals surface area (Å²) in [4.78, 5) is 13.7. The highest BCUT2D eigenvalue weighted by molar-refractivity contribution is 5.78. The highest BCUT2D eigenvalue weighted by Gasteiger charge is 2.18. The summed E-state index contributed by atoms with van der Waals surface area (Å²) in [6, 6.07) is 3.84. The largest absolute Gasteiger partial charge is 0.341 e. The van der Waals surface area contributed by atoms with E-state index >= 15 is 0 Å². The molecule has 2 unspecified atom stereocenters. The van der Waals surface area contributed by atoms with Gasteiger partial charge in [0.05, 0.1) is 0 Å². The van der Waals surface area contributed by atoms with Gasteiger partial charge in [0, 0.05) is 25.6 Å². The first-order valence-electron chi connectivity index (χ1n) is 7.25. The standard InChI is InChI=1S/C16H24F2N2O/c1-11(5-4-6-12(2)19)16(21)20(3)10-13-7-8-14(17)15(18)9-13/h7-9,11-12H,4-6,10,19H2,1-3H3. The summed E-state index contributed by atoms with van der Waals surface area (Å²) >= 11 is 0. The van der Waals surface area contributed by atoms with Crippen molar-refractivity contribution in [2.45, 2.75) is 45.7 Å². The van der Waals surface area contributed by atoms with Crippen LogP contribution in [0.25, 0.3) is 0 Å². The SMILES string of the molecule is CC(N)CCCC(C)C(=O)N(C)Cc1ccc(F)c(F)c1. The lowest BCUT2D eigenvalue weighted by Gasteiger charge is -2.22. The van der Waals surface area contributed by atoms with Crippen molar-refractivity contribution in [2.24, 2.45) is 11.7 Å². The molecule has 1 aromatic rings. The van der Waals surface area contributed by atoms with E-state index in [1.807, 2.05) is 13.8 Å². The number of rotatable bonds is 7. The molecule has 2 atom stereocenters. The van der Waals surface area contributed by atoms with Crippen LogP contribution in [-0.4, -0.2) is 23.9 Å². The number of amides is 1. The van der Waals surface area contributed by atoms with Gasteiger partial charge in [-0.05, 0) is 37.5 Å². The van der Waals surface area contributed by atoms with Crippen LogP contribution in [0.4, 0.5) is 8.78 Å². The third kappa shape index (κ3) is 5.79. The zero-order valence-electron chi connectivity index (χ0n) is 12.9. The molecule has 2 N–H and O–H groups in total. The Hall–Kier alpha value is -1.49. The molecule has 5 heteroatoms. The van der Waals surface area contributed by atoms with Crippen molar-refractivity contribution in [3.8, 4) is 0 Å². The molecule has 0 saturated carbocycles. The smallest absolute Gasteiger partial charge is 0.225 e. The first-order valence-corrected chi connectivity index (χ1v) is 7.25. The Morgan fingerprint density at radius 3 is 2.48 bits per heavy atom. The maximum atomic E-state index is 13.1. The average molecular weight is 298 g/mol. The normalized spacial score (nSPS) is 13.8. The fraction of sp³-hybridized carbons (Fsp3) is 0.562. The summed E-state index contributed by atoms with van der Waals surface area (Å²) in [6.07, 6.45) is 2.58. The zero-order chi connectivity index (χ0) is 16.0.